The summed E-state index contributed by atoms with van der Waals surface area (Å²) in [7, 11) is 3.88. The average Bonchev–Trinajstić information content (AvgIpc) is 4.09. The van der Waals surface area contributed by atoms with Gasteiger partial charge in [-0.15, -0.1) is 11.3 Å². The van der Waals surface area contributed by atoms with Crippen LogP contribution in [0.5, 0.6) is 0 Å². The lowest BCUT2D eigenvalue weighted by atomic mass is 9.72. The number of piperazine rings is 1. The molecule has 1 unspecified atom stereocenters. The Morgan fingerprint density at radius 1 is 1.09 bits per heavy atom. The van der Waals surface area contributed by atoms with Crippen molar-refractivity contribution in [3.05, 3.63) is 52.1 Å². The lowest BCUT2D eigenvalue weighted by Crippen LogP contribution is -2.63. The van der Waals surface area contributed by atoms with Crippen LogP contribution in [0.3, 0.4) is 0 Å². The molecule has 0 radical (unpaired) electrons. The number of carbonyl (C=O) groups excluding carboxylic acids is 3. The summed E-state index contributed by atoms with van der Waals surface area (Å²) in [4.78, 5) is 58.3. The number of fused-ring (bicyclic) bond motifs is 7. The fourth-order valence-corrected chi connectivity index (χ4v) is 11.6. The molecule has 8 bridgehead atoms. The lowest BCUT2D eigenvalue weighted by molar-refractivity contribution is -0.159. The third-order valence-corrected chi connectivity index (χ3v) is 15.5. The number of nitrogens with zero attached hydrogens (tertiary/aromatic N) is 6. The standard InChI is InChI=1S/C51H70N8O8S/c1-10-64-45-43(54-49(62)51-24-34(25-51)31(4)67-51)47(60)59-15-11-12-39(55-59)48(61)66-29-50(6,7)26-38-36-22-33(40-28-68-46(45)53-40)13-14-41(36)58(20-21-65-30(2)3)44(38)37-23-35(27-52-42(37)32(5)63-9)57-18-16-56(8)17-19-57/h13-14,22-23,27-28,30-32,34,39,43,45,55H,10-12,15-21,24-26,29H2,1-9H3,(H,54,62)/t31?,32-,34?,39-,43-,45-,51?/m0/s1. The van der Waals surface area contributed by atoms with Gasteiger partial charge in [0.1, 0.15) is 28.8 Å². The molecule has 368 valence electrons. The summed E-state index contributed by atoms with van der Waals surface area (Å²) in [6, 6.07) is 6.82. The van der Waals surface area contributed by atoms with Crippen molar-refractivity contribution in [1.82, 2.24) is 35.2 Å². The van der Waals surface area contributed by atoms with Gasteiger partial charge >= 0.3 is 5.97 Å². The van der Waals surface area contributed by atoms with Crippen LogP contribution < -0.4 is 15.6 Å². The molecule has 1 saturated carbocycles. The van der Waals surface area contributed by atoms with E-state index in [1.54, 1.807) is 7.11 Å². The minimum absolute atomic E-state index is 0.0365. The van der Waals surface area contributed by atoms with Crippen molar-refractivity contribution in [1.29, 1.82) is 0 Å². The maximum absolute atomic E-state index is 14.8. The molecule has 5 fully saturated rings. The van der Waals surface area contributed by atoms with Crippen molar-refractivity contribution >= 4 is 45.7 Å². The van der Waals surface area contributed by atoms with E-state index >= 15 is 0 Å². The Balaban J connectivity index is 1.21. The summed E-state index contributed by atoms with van der Waals surface area (Å²) < 4.78 is 33.5. The van der Waals surface area contributed by atoms with Crippen molar-refractivity contribution in [3.8, 4) is 22.5 Å². The Labute approximate surface area is 404 Å². The van der Waals surface area contributed by atoms with E-state index in [2.05, 4.69) is 84.1 Å². The molecule has 17 heteroatoms. The van der Waals surface area contributed by atoms with Gasteiger partial charge in [-0.2, -0.15) is 0 Å². The molecule has 5 aliphatic heterocycles. The number of hydrogen-bond acceptors (Lipinski definition) is 14. The van der Waals surface area contributed by atoms with Gasteiger partial charge in [-0.25, -0.2) is 10.4 Å². The molecular formula is C51H70N8O8S. The second-order valence-corrected chi connectivity index (χ2v) is 21.5. The predicted octanol–water partition coefficient (Wildman–Crippen LogP) is 6.46. The first-order valence-corrected chi connectivity index (χ1v) is 25.5. The van der Waals surface area contributed by atoms with Crippen molar-refractivity contribution in [2.75, 3.05) is 71.6 Å². The SMILES string of the molecule is CCO[C@@H]1c2nc(cs2)-c2ccc3c(c2)c(c(-c2cc(N4CCN(C)CC4)cnc2[C@H](C)OC)n3CCOC(C)C)CC(C)(C)COC(=O)[C@@H]2CCCN(N2)C(=O)[C@H]1NC(=O)C12CC(C1)C(C)O2. The number of hydrazine groups is 1. The average molecular weight is 955 g/mol. The minimum atomic E-state index is -1.16. The predicted molar refractivity (Wildman–Crippen MR) is 261 cm³/mol. The highest BCUT2D eigenvalue weighted by Crippen LogP contribution is 2.52. The summed E-state index contributed by atoms with van der Waals surface area (Å²) in [6.45, 7) is 19.7. The Morgan fingerprint density at radius 3 is 2.57 bits per heavy atom. The van der Waals surface area contributed by atoms with Gasteiger partial charge in [0.05, 0.1) is 60.5 Å². The van der Waals surface area contributed by atoms with Crippen molar-refractivity contribution in [2.45, 2.75) is 129 Å². The maximum atomic E-state index is 14.8. The van der Waals surface area contributed by atoms with Crippen LogP contribution in [0.25, 0.3) is 33.4 Å². The van der Waals surface area contributed by atoms with Gasteiger partial charge in [0.25, 0.3) is 11.8 Å². The quantitative estimate of drug-likeness (QED) is 0.149. The Bertz CT molecular complexity index is 2490. The number of pyridine rings is 1. The van der Waals surface area contributed by atoms with Crippen LogP contribution >= 0.6 is 11.3 Å². The van der Waals surface area contributed by atoms with E-state index in [0.29, 0.717) is 62.7 Å². The van der Waals surface area contributed by atoms with E-state index in [-0.39, 0.29) is 37.4 Å². The number of aromatic nitrogens is 3. The van der Waals surface area contributed by atoms with Gasteiger partial charge in [-0.3, -0.25) is 24.4 Å². The molecule has 4 aromatic rings. The number of cyclic esters (lactones) is 1. The van der Waals surface area contributed by atoms with Crippen LogP contribution in [0, 0.1) is 11.3 Å². The van der Waals surface area contributed by atoms with Crippen LogP contribution in [0.1, 0.15) is 103 Å². The smallest absolute Gasteiger partial charge is 0.324 e. The monoisotopic (exact) mass is 955 g/mol. The molecule has 6 aliphatic rings. The highest BCUT2D eigenvalue weighted by molar-refractivity contribution is 7.10. The number of benzene rings is 1. The molecule has 16 nitrogen and oxygen atoms in total. The fourth-order valence-electron chi connectivity index (χ4n) is 10.7. The van der Waals surface area contributed by atoms with Gasteiger partial charge in [0.2, 0.25) is 0 Å². The molecule has 10 rings (SSSR count). The van der Waals surface area contributed by atoms with Crippen LogP contribution in [0.2, 0.25) is 0 Å². The summed E-state index contributed by atoms with van der Waals surface area (Å²) >= 11 is 1.39. The number of hydrogen-bond donors (Lipinski definition) is 2. The number of amides is 2. The number of thiazole rings is 1. The highest BCUT2D eigenvalue weighted by atomic mass is 32.1. The second kappa shape index (κ2) is 19.7. The second-order valence-electron chi connectivity index (χ2n) is 20.6. The van der Waals surface area contributed by atoms with Crippen molar-refractivity contribution in [2.24, 2.45) is 11.3 Å². The molecule has 68 heavy (non-hydrogen) atoms. The Morgan fingerprint density at radius 2 is 1.87 bits per heavy atom. The number of esters is 1. The number of nitrogens with one attached hydrogen (secondary N) is 2. The van der Waals surface area contributed by atoms with Crippen LogP contribution in [0.4, 0.5) is 5.69 Å². The van der Waals surface area contributed by atoms with E-state index in [1.165, 1.54) is 16.3 Å². The van der Waals surface area contributed by atoms with Crippen molar-refractivity contribution < 1.29 is 38.1 Å². The molecule has 4 saturated heterocycles. The van der Waals surface area contributed by atoms with Gasteiger partial charge in [0, 0.05) is 85.8 Å². The number of rotatable bonds is 12. The molecule has 0 spiro atoms. The van der Waals surface area contributed by atoms with E-state index in [0.717, 1.165) is 76.5 Å². The largest absolute Gasteiger partial charge is 0.464 e. The van der Waals surface area contributed by atoms with Gasteiger partial charge < -0.3 is 43.4 Å². The molecule has 2 N–H and O–H groups in total. The molecule has 3 aromatic heterocycles. The number of anilines is 1. The van der Waals surface area contributed by atoms with E-state index in [4.69, 9.17) is 33.7 Å². The number of ether oxygens (including phenoxy) is 5. The van der Waals surface area contributed by atoms with E-state index < -0.39 is 41.1 Å². The zero-order valence-corrected chi connectivity index (χ0v) is 42.1. The molecule has 1 aliphatic carbocycles. The third kappa shape index (κ3) is 9.56. The molecule has 8 heterocycles. The van der Waals surface area contributed by atoms with Gasteiger partial charge in [-0.1, -0.05) is 19.9 Å². The zero-order valence-electron chi connectivity index (χ0n) is 41.3. The van der Waals surface area contributed by atoms with E-state index in [9.17, 15) is 14.4 Å². The van der Waals surface area contributed by atoms with Gasteiger partial charge in [-0.05, 0) is 103 Å². The third-order valence-electron chi connectivity index (χ3n) is 14.6. The van der Waals surface area contributed by atoms with E-state index in [1.807, 2.05) is 32.3 Å². The summed E-state index contributed by atoms with van der Waals surface area (Å²) in [6.07, 6.45) is 3.56. The van der Waals surface area contributed by atoms with Gasteiger partial charge in [0.15, 0.2) is 0 Å². The minimum Gasteiger partial charge on any atom is -0.464 e. The molecular weight excluding hydrogens is 885 g/mol. The molecule has 1 aromatic carbocycles. The molecule has 5 atom stereocenters. The van der Waals surface area contributed by atoms with Crippen LogP contribution in [-0.4, -0.2) is 139 Å². The Hall–Kier alpha value is -4.49. The number of likely N-dealkylation sites (N-methyl/N-ethyl adjacent to an activating group) is 1. The first-order valence-electron chi connectivity index (χ1n) is 24.6. The van der Waals surface area contributed by atoms with Crippen molar-refractivity contribution in [3.63, 3.8) is 0 Å². The normalized spacial score (nSPS) is 27.0. The van der Waals surface area contributed by atoms with Crippen LogP contribution in [-0.2, 0) is 51.0 Å². The van der Waals surface area contributed by atoms with Crippen LogP contribution in [0.15, 0.2) is 35.8 Å². The maximum Gasteiger partial charge on any atom is 0.324 e. The topological polar surface area (TPSA) is 162 Å². The summed E-state index contributed by atoms with van der Waals surface area (Å²) in [5.74, 6) is -0.877. The summed E-state index contributed by atoms with van der Waals surface area (Å²) in [5, 5.41) is 8.14. The first kappa shape index (κ1) is 48.5. The summed E-state index contributed by atoms with van der Waals surface area (Å²) in [5.41, 5.74) is 9.30. The fraction of sp³-hybridized carbons (Fsp3) is 0.627. The number of methoxy groups -OCH3 is 1. The Kier molecular flexibility index (Phi) is 14.1. The molecule has 2 amide bonds. The number of carbonyl (C=O) groups is 3. The highest BCUT2D eigenvalue weighted by Gasteiger charge is 2.61. The first-order chi connectivity index (χ1) is 32.6. The zero-order chi connectivity index (χ0) is 48.1. The lowest BCUT2D eigenvalue weighted by Gasteiger charge is -2.39.